The van der Waals surface area contributed by atoms with Gasteiger partial charge in [0.05, 0.1) is 5.69 Å². The maximum absolute atomic E-state index is 14.0. The van der Waals surface area contributed by atoms with Gasteiger partial charge in [-0.1, -0.05) is 25.3 Å². The number of aromatic nitrogens is 1. The fourth-order valence-corrected chi connectivity index (χ4v) is 2.99. The van der Waals surface area contributed by atoms with E-state index in [1.165, 1.54) is 24.4 Å². The second-order valence-electron chi connectivity index (χ2n) is 6.19. The van der Waals surface area contributed by atoms with Crippen molar-refractivity contribution in [2.75, 3.05) is 10.6 Å². The molecule has 2 N–H and O–H groups in total. The molecular weight excluding hydrogens is 321 g/mol. The first kappa shape index (κ1) is 17.1. The Morgan fingerprint density at radius 1 is 1.04 bits per heavy atom. The van der Waals surface area contributed by atoms with E-state index in [0.29, 0.717) is 5.69 Å². The number of pyridine rings is 1. The van der Waals surface area contributed by atoms with Crippen molar-refractivity contribution in [3.05, 3.63) is 54.1 Å². The van der Waals surface area contributed by atoms with Crippen molar-refractivity contribution in [3.8, 4) is 0 Å². The first-order valence-electron chi connectivity index (χ1n) is 8.46. The molecule has 130 valence electrons. The molecule has 5 nitrogen and oxygen atoms in total. The molecule has 1 fully saturated rings. The number of amides is 2. The number of hydrogen-bond acceptors (Lipinski definition) is 3. The third-order valence-electron chi connectivity index (χ3n) is 4.36. The zero-order valence-corrected chi connectivity index (χ0v) is 13.8. The number of rotatable bonds is 4. The summed E-state index contributed by atoms with van der Waals surface area (Å²) in [4.78, 5) is 28.4. The number of nitrogens with one attached hydrogen (secondary N) is 2. The molecule has 0 saturated heterocycles. The summed E-state index contributed by atoms with van der Waals surface area (Å²) in [6.07, 6.45) is 6.40. The standard InChI is InChI=1S/C19H20FN3O2/c20-15-10-9-14(22-19(25)16-8-4-5-11-21-16)12-17(15)23-18(24)13-6-2-1-3-7-13/h4-5,8-13H,1-3,6-7H2,(H,22,25)(H,23,24). The van der Waals surface area contributed by atoms with Crippen molar-refractivity contribution < 1.29 is 14.0 Å². The van der Waals surface area contributed by atoms with Gasteiger partial charge in [-0.25, -0.2) is 4.39 Å². The minimum absolute atomic E-state index is 0.0695. The van der Waals surface area contributed by atoms with Gasteiger partial charge in [-0.3, -0.25) is 14.6 Å². The van der Waals surface area contributed by atoms with Crippen molar-refractivity contribution in [2.45, 2.75) is 32.1 Å². The van der Waals surface area contributed by atoms with Crippen molar-refractivity contribution in [1.82, 2.24) is 4.98 Å². The van der Waals surface area contributed by atoms with Crippen LogP contribution in [0.4, 0.5) is 15.8 Å². The normalized spacial score (nSPS) is 14.8. The van der Waals surface area contributed by atoms with Crippen molar-refractivity contribution in [1.29, 1.82) is 0 Å². The van der Waals surface area contributed by atoms with Crippen LogP contribution in [0.25, 0.3) is 0 Å². The Kier molecular flexibility index (Phi) is 5.38. The molecular formula is C19H20FN3O2. The fraction of sp³-hybridized carbons (Fsp3) is 0.316. The third kappa shape index (κ3) is 4.41. The molecule has 0 unspecified atom stereocenters. The van der Waals surface area contributed by atoms with Gasteiger partial charge in [0.25, 0.3) is 5.91 Å². The highest BCUT2D eigenvalue weighted by Gasteiger charge is 2.22. The molecule has 1 aliphatic carbocycles. The molecule has 0 atom stereocenters. The highest BCUT2D eigenvalue weighted by Crippen LogP contribution is 2.26. The lowest BCUT2D eigenvalue weighted by atomic mass is 9.88. The fourth-order valence-electron chi connectivity index (χ4n) is 2.99. The van der Waals surface area contributed by atoms with E-state index in [2.05, 4.69) is 15.6 Å². The number of benzene rings is 1. The minimum Gasteiger partial charge on any atom is -0.323 e. The molecule has 2 aromatic rings. The van der Waals surface area contributed by atoms with E-state index in [-0.39, 0.29) is 23.2 Å². The van der Waals surface area contributed by atoms with E-state index in [1.807, 2.05) is 0 Å². The van der Waals surface area contributed by atoms with Crippen LogP contribution in [0.3, 0.4) is 0 Å². The van der Waals surface area contributed by atoms with Crippen molar-refractivity contribution in [2.24, 2.45) is 5.92 Å². The predicted octanol–water partition coefficient (Wildman–Crippen LogP) is 3.99. The van der Waals surface area contributed by atoms with Crippen molar-refractivity contribution in [3.63, 3.8) is 0 Å². The van der Waals surface area contributed by atoms with Crippen LogP contribution < -0.4 is 10.6 Å². The molecule has 0 radical (unpaired) electrons. The lowest BCUT2D eigenvalue weighted by Crippen LogP contribution is -2.25. The quantitative estimate of drug-likeness (QED) is 0.883. The second-order valence-corrected chi connectivity index (χ2v) is 6.19. The Hall–Kier alpha value is -2.76. The van der Waals surface area contributed by atoms with Gasteiger partial charge in [-0.05, 0) is 43.2 Å². The van der Waals surface area contributed by atoms with Gasteiger partial charge in [0.15, 0.2) is 0 Å². The average molecular weight is 341 g/mol. The molecule has 6 heteroatoms. The summed E-state index contributed by atoms with van der Waals surface area (Å²) in [5.74, 6) is -1.15. The lowest BCUT2D eigenvalue weighted by Gasteiger charge is -2.21. The Labute approximate surface area is 145 Å². The molecule has 2 amide bonds. The van der Waals surface area contributed by atoms with Gasteiger partial charge in [0.2, 0.25) is 5.91 Å². The van der Waals surface area contributed by atoms with Crippen LogP contribution in [0.1, 0.15) is 42.6 Å². The first-order valence-corrected chi connectivity index (χ1v) is 8.46. The SMILES string of the molecule is O=C(Nc1ccc(F)c(NC(=O)C2CCCCC2)c1)c1ccccn1. The Balaban J connectivity index is 1.69. The van der Waals surface area contributed by atoms with Gasteiger partial charge in [0, 0.05) is 17.8 Å². The summed E-state index contributed by atoms with van der Waals surface area (Å²) in [6.45, 7) is 0. The molecule has 1 aliphatic rings. The molecule has 1 heterocycles. The van der Waals surface area contributed by atoms with Gasteiger partial charge < -0.3 is 10.6 Å². The molecule has 1 saturated carbocycles. The monoisotopic (exact) mass is 341 g/mol. The maximum atomic E-state index is 14.0. The van der Waals surface area contributed by atoms with Crippen LogP contribution in [0.15, 0.2) is 42.6 Å². The topological polar surface area (TPSA) is 71.1 Å². The summed E-state index contributed by atoms with van der Waals surface area (Å²) in [5, 5.41) is 5.31. The highest BCUT2D eigenvalue weighted by molar-refractivity contribution is 6.03. The van der Waals surface area contributed by atoms with Crippen LogP contribution in [0.2, 0.25) is 0 Å². The maximum Gasteiger partial charge on any atom is 0.274 e. The van der Waals surface area contributed by atoms with Gasteiger partial charge >= 0.3 is 0 Å². The third-order valence-corrected chi connectivity index (χ3v) is 4.36. The number of anilines is 2. The van der Waals surface area contributed by atoms with Crippen LogP contribution in [0, 0.1) is 11.7 Å². The second kappa shape index (κ2) is 7.88. The van der Waals surface area contributed by atoms with E-state index < -0.39 is 11.7 Å². The Morgan fingerprint density at radius 3 is 2.56 bits per heavy atom. The molecule has 3 rings (SSSR count). The van der Waals surface area contributed by atoms with Gasteiger partial charge in [-0.15, -0.1) is 0 Å². The van der Waals surface area contributed by atoms with Gasteiger partial charge in [-0.2, -0.15) is 0 Å². The number of carbonyl (C=O) groups excluding carboxylic acids is 2. The lowest BCUT2D eigenvalue weighted by molar-refractivity contribution is -0.120. The molecule has 25 heavy (non-hydrogen) atoms. The molecule has 0 spiro atoms. The average Bonchev–Trinajstić information content (AvgIpc) is 2.66. The molecule has 1 aromatic heterocycles. The van der Waals surface area contributed by atoms with E-state index in [4.69, 9.17) is 0 Å². The smallest absolute Gasteiger partial charge is 0.274 e. The van der Waals surface area contributed by atoms with E-state index in [0.717, 1.165) is 32.1 Å². The summed E-state index contributed by atoms with van der Waals surface area (Å²) >= 11 is 0. The zero-order valence-electron chi connectivity index (χ0n) is 13.8. The largest absolute Gasteiger partial charge is 0.323 e. The number of hydrogen-bond donors (Lipinski definition) is 2. The number of carbonyl (C=O) groups is 2. The van der Waals surface area contributed by atoms with E-state index in [1.54, 1.807) is 18.2 Å². The van der Waals surface area contributed by atoms with Crippen LogP contribution in [-0.2, 0) is 4.79 Å². The molecule has 0 bridgehead atoms. The summed E-state index contributed by atoms with van der Waals surface area (Å²) in [6, 6.07) is 9.12. The summed E-state index contributed by atoms with van der Waals surface area (Å²) in [5.41, 5.74) is 0.741. The van der Waals surface area contributed by atoms with Crippen LogP contribution in [0.5, 0.6) is 0 Å². The van der Waals surface area contributed by atoms with Crippen molar-refractivity contribution >= 4 is 23.2 Å². The first-order chi connectivity index (χ1) is 12.1. The number of nitrogens with zero attached hydrogens (tertiary/aromatic N) is 1. The van der Waals surface area contributed by atoms with Crippen LogP contribution in [-0.4, -0.2) is 16.8 Å². The van der Waals surface area contributed by atoms with Gasteiger partial charge in [0.1, 0.15) is 11.5 Å². The summed E-state index contributed by atoms with van der Waals surface area (Å²) in [7, 11) is 0. The highest BCUT2D eigenvalue weighted by atomic mass is 19.1. The van der Waals surface area contributed by atoms with E-state index >= 15 is 0 Å². The summed E-state index contributed by atoms with van der Waals surface area (Å²) < 4.78 is 14.0. The number of halogens is 1. The molecule has 1 aromatic carbocycles. The van der Waals surface area contributed by atoms with E-state index in [9.17, 15) is 14.0 Å². The Morgan fingerprint density at radius 2 is 1.84 bits per heavy atom. The Bertz CT molecular complexity index is 759. The predicted molar refractivity (Wildman–Crippen MR) is 93.8 cm³/mol. The minimum atomic E-state index is -0.528. The van der Waals surface area contributed by atoms with Crippen LogP contribution >= 0.6 is 0 Å². The molecule has 0 aliphatic heterocycles. The zero-order chi connectivity index (χ0) is 17.6.